The first-order chi connectivity index (χ1) is 13.4. The third-order valence-corrected chi connectivity index (χ3v) is 5.95. The van der Waals surface area contributed by atoms with Crippen LogP contribution in [-0.4, -0.2) is 32.4 Å². The van der Waals surface area contributed by atoms with E-state index in [0.717, 1.165) is 22.6 Å². The van der Waals surface area contributed by atoms with Gasteiger partial charge in [-0.05, 0) is 38.1 Å². The molecule has 148 valence electrons. The summed E-state index contributed by atoms with van der Waals surface area (Å²) in [6.45, 7) is 3.93. The average molecular weight is 401 g/mol. The van der Waals surface area contributed by atoms with Gasteiger partial charge in [0.05, 0.1) is 30.5 Å². The van der Waals surface area contributed by atoms with Crippen LogP contribution in [0.3, 0.4) is 0 Å². The van der Waals surface area contributed by atoms with Crippen molar-refractivity contribution in [2.45, 2.75) is 25.3 Å². The van der Waals surface area contributed by atoms with Gasteiger partial charge >= 0.3 is 0 Å². The predicted molar refractivity (Wildman–Crippen MR) is 107 cm³/mol. The van der Waals surface area contributed by atoms with Crippen LogP contribution >= 0.6 is 0 Å². The summed E-state index contributed by atoms with van der Waals surface area (Å²) in [6.07, 6.45) is 0. The molecule has 1 aromatic heterocycles. The Bertz CT molecular complexity index is 1080. The van der Waals surface area contributed by atoms with Gasteiger partial charge in [-0.25, -0.2) is 17.8 Å². The third kappa shape index (κ3) is 3.88. The normalized spacial score (nSPS) is 11.4. The quantitative estimate of drug-likeness (QED) is 0.658. The molecule has 0 saturated carbocycles. The fourth-order valence-corrected chi connectivity index (χ4v) is 4.00. The Morgan fingerprint density at radius 1 is 1.00 bits per heavy atom. The topological polar surface area (TPSA) is 82.5 Å². The van der Waals surface area contributed by atoms with E-state index in [9.17, 15) is 8.42 Å². The highest BCUT2D eigenvalue weighted by Crippen LogP contribution is 2.29. The number of aromatic nitrogens is 2. The van der Waals surface area contributed by atoms with E-state index in [1.165, 1.54) is 26.4 Å². The molecule has 2 aromatic carbocycles. The van der Waals surface area contributed by atoms with Gasteiger partial charge in [-0.1, -0.05) is 18.2 Å². The van der Waals surface area contributed by atoms with Crippen LogP contribution in [-0.2, 0) is 16.6 Å². The number of nitrogens with one attached hydrogen (secondary N) is 1. The summed E-state index contributed by atoms with van der Waals surface area (Å²) in [6, 6.07) is 14.2. The van der Waals surface area contributed by atoms with Crippen LogP contribution < -0.4 is 14.2 Å². The summed E-state index contributed by atoms with van der Waals surface area (Å²) < 4.78 is 40.3. The number of rotatable bonds is 7. The van der Waals surface area contributed by atoms with Gasteiger partial charge in [0.25, 0.3) is 0 Å². The Balaban J connectivity index is 1.85. The maximum Gasteiger partial charge on any atom is 0.241 e. The van der Waals surface area contributed by atoms with E-state index >= 15 is 0 Å². The van der Waals surface area contributed by atoms with Gasteiger partial charge in [0.1, 0.15) is 0 Å². The van der Waals surface area contributed by atoms with Crippen molar-refractivity contribution in [2.24, 2.45) is 0 Å². The number of benzene rings is 2. The van der Waals surface area contributed by atoms with Crippen molar-refractivity contribution in [3.63, 3.8) is 0 Å². The minimum Gasteiger partial charge on any atom is -0.493 e. The van der Waals surface area contributed by atoms with E-state index in [4.69, 9.17) is 9.47 Å². The van der Waals surface area contributed by atoms with Crippen molar-refractivity contribution < 1.29 is 17.9 Å². The monoisotopic (exact) mass is 401 g/mol. The Morgan fingerprint density at radius 2 is 1.68 bits per heavy atom. The highest BCUT2D eigenvalue weighted by Gasteiger charge is 2.19. The molecule has 0 atom stereocenters. The molecule has 0 amide bonds. The Kier molecular flexibility index (Phi) is 5.71. The van der Waals surface area contributed by atoms with E-state index < -0.39 is 10.0 Å². The molecule has 3 rings (SSSR count). The second-order valence-electron chi connectivity index (χ2n) is 6.24. The molecule has 3 aromatic rings. The summed E-state index contributed by atoms with van der Waals surface area (Å²) in [5.41, 5.74) is 3.43. The highest BCUT2D eigenvalue weighted by molar-refractivity contribution is 7.89. The molecule has 0 aliphatic carbocycles. The smallest absolute Gasteiger partial charge is 0.241 e. The first kappa shape index (κ1) is 19.9. The summed E-state index contributed by atoms with van der Waals surface area (Å²) >= 11 is 0. The molecule has 0 spiro atoms. The SMILES string of the molecule is COc1ccc(S(=O)(=O)NCc2c(C)nn(-c3ccccc3)c2C)cc1OC. The molecule has 0 radical (unpaired) electrons. The van der Waals surface area contributed by atoms with E-state index in [2.05, 4.69) is 9.82 Å². The molecule has 0 saturated heterocycles. The molecule has 0 aliphatic rings. The number of nitrogens with zero attached hydrogens (tertiary/aromatic N) is 2. The molecule has 0 aliphatic heterocycles. The van der Waals surface area contributed by atoms with Gasteiger partial charge in [0.15, 0.2) is 11.5 Å². The predicted octanol–water partition coefficient (Wildman–Crippen LogP) is 2.98. The average Bonchev–Trinajstić information content (AvgIpc) is 3.00. The summed E-state index contributed by atoms with van der Waals surface area (Å²) in [5.74, 6) is 0.826. The Labute approximate surface area is 165 Å². The lowest BCUT2D eigenvalue weighted by Gasteiger charge is -2.11. The number of hydrogen-bond donors (Lipinski definition) is 1. The van der Waals surface area contributed by atoms with Crippen LogP contribution in [0.2, 0.25) is 0 Å². The number of aryl methyl sites for hydroxylation is 1. The molecular formula is C20H23N3O4S. The van der Waals surface area contributed by atoms with Crippen molar-refractivity contribution in [3.8, 4) is 17.2 Å². The van der Waals surface area contributed by atoms with E-state index in [0.29, 0.717) is 11.5 Å². The second-order valence-corrected chi connectivity index (χ2v) is 8.01. The zero-order valence-corrected chi connectivity index (χ0v) is 17.1. The second kappa shape index (κ2) is 8.04. The third-order valence-electron chi connectivity index (χ3n) is 4.55. The van der Waals surface area contributed by atoms with Crippen molar-refractivity contribution in [1.82, 2.24) is 14.5 Å². The van der Waals surface area contributed by atoms with E-state index in [1.54, 1.807) is 6.07 Å². The molecule has 8 heteroatoms. The van der Waals surface area contributed by atoms with Gasteiger partial charge in [-0.2, -0.15) is 5.10 Å². The van der Waals surface area contributed by atoms with Gasteiger partial charge < -0.3 is 9.47 Å². The highest BCUT2D eigenvalue weighted by atomic mass is 32.2. The first-order valence-corrected chi connectivity index (χ1v) is 10.2. The largest absolute Gasteiger partial charge is 0.493 e. The van der Waals surface area contributed by atoms with Gasteiger partial charge in [-0.3, -0.25) is 0 Å². The molecule has 0 fully saturated rings. The van der Waals surface area contributed by atoms with Gasteiger partial charge in [0, 0.05) is 23.9 Å². The molecule has 1 heterocycles. The van der Waals surface area contributed by atoms with Crippen LogP contribution in [0.1, 0.15) is 17.0 Å². The van der Waals surface area contributed by atoms with Crippen LogP contribution in [0.4, 0.5) is 0 Å². The zero-order valence-electron chi connectivity index (χ0n) is 16.3. The first-order valence-electron chi connectivity index (χ1n) is 8.69. The molecule has 28 heavy (non-hydrogen) atoms. The molecule has 1 N–H and O–H groups in total. The Hall–Kier alpha value is -2.84. The summed E-state index contributed by atoms with van der Waals surface area (Å²) in [4.78, 5) is 0.107. The molecular weight excluding hydrogens is 378 g/mol. The lowest BCUT2D eigenvalue weighted by molar-refractivity contribution is 0.354. The minimum absolute atomic E-state index is 0.107. The number of hydrogen-bond acceptors (Lipinski definition) is 5. The molecule has 0 unspecified atom stereocenters. The van der Waals surface area contributed by atoms with Crippen LogP contribution in [0.15, 0.2) is 53.4 Å². The van der Waals surface area contributed by atoms with Crippen molar-refractivity contribution >= 4 is 10.0 Å². The van der Waals surface area contributed by atoms with Crippen LogP contribution in [0.25, 0.3) is 5.69 Å². The minimum atomic E-state index is -3.73. The summed E-state index contributed by atoms with van der Waals surface area (Å²) in [7, 11) is -0.763. The fourth-order valence-electron chi connectivity index (χ4n) is 2.99. The number of sulfonamides is 1. The zero-order chi connectivity index (χ0) is 20.3. The van der Waals surface area contributed by atoms with Crippen molar-refractivity contribution in [2.75, 3.05) is 14.2 Å². The Morgan fingerprint density at radius 3 is 2.32 bits per heavy atom. The maximum absolute atomic E-state index is 12.7. The van der Waals surface area contributed by atoms with Crippen molar-refractivity contribution in [1.29, 1.82) is 0 Å². The van der Waals surface area contributed by atoms with Crippen LogP contribution in [0.5, 0.6) is 11.5 Å². The lowest BCUT2D eigenvalue weighted by Crippen LogP contribution is -2.24. The molecule has 0 bridgehead atoms. The number of methoxy groups -OCH3 is 2. The van der Waals surface area contributed by atoms with Crippen LogP contribution in [0, 0.1) is 13.8 Å². The fraction of sp³-hybridized carbons (Fsp3) is 0.250. The van der Waals surface area contributed by atoms with E-state index in [-0.39, 0.29) is 11.4 Å². The molecule has 7 nitrogen and oxygen atoms in total. The maximum atomic E-state index is 12.7. The lowest BCUT2D eigenvalue weighted by atomic mass is 10.2. The van der Waals surface area contributed by atoms with E-state index in [1.807, 2.05) is 48.9 Å². The number of para-hydroxylation sites is 1. The standard InChI is InChI=1S/C20H23N3O4S/c1-14-18(15(2)23(22-14)16-8-6-5-7-9-16)13-21-28(24,25)17-10-11-19(26-3)20(12-17)27-4/h5-12,21H,13H2,1-4H3. The van der Waals surface area contributed by atoms with Crippen molar-refractivity contribution in [3.05, 3.63) is 65.5 Å². The van der Waals surface area contributed by atoms with Gasteiger partial charge in [0.2, 0.25) is 10.0 Å². The summed E-state index contributed by atoms with van der Waals surface area (Å²) in [5, 5.41) is 4.55. The number of ether oxygens (including phenoxy) is 2. The van der Waals surface area contributed by atoms with Gasteiger partial charge in [-0.15, -0.1) is 0 Å².